The van der Waals surface area contributed by atoms with Gasteiger partial charge < -0.3 is 10.2 Å². The van der Waals surface area contributed by atoms with Gasteiger partial charge >= 0.3 is 0 Å². The van der Waals surface area contributed by atoms with Gasteiger partial charge in [0.05, 0.1) is 0 Å². The Bertz CT molecular complexity index is 388. The summed E-state index contributed by atoms with van der Waals surface area (Å²) in [6.07, 6.45) is 6.51. The molecule has 17 heavy (non-hydrogen) atoms. The van der Waals surface area contributed by atoms with Crippen molar-refractivity contribution in [3.8, 4) is 0 Å². The van der Waals surface area contributed by atoms with Gasteiger partial charge in [-0.05, 0) is 59.4 Å². The second-order valence-electron chi connectivity index (χ2n) is 5.14. The van der Waals surface area contributed by atoms with Gasteiger partial charge in [-0.25, -0.2) is 0 Å². The number of nitrogens with one attached hydrogen (secondary N) is 1. The molecular weight excluding hydrogens is 278 g/mol. The second kappa shape index (κ2) is 5.04. The van der Waals surface area contributed by atoms with Crippen LogP contribution in [0.3, 0.4) is 0 Å². The predicted molar refractivity (Wildman–Crippen MR) is 71.7 cm³/mol. The maximum atomic E-state index is 4.20. The van der Waals surface area contributed by atoms with E-state index in [9.17, 15) is 0 Å². The molecule has 0 radical (unpaired) electrons. The molecule has 3 nitrogen and oxygen atoms in total. The van der Waals surface area contributed by atoms with Crippen LogP contribution >= 0.6 is 15.9 Å². The summed E-state index contributed by atoms with van der Waals surface area (Å²) in [6.45, 7) is 4.77. The van der Waals surface area contributed by atoms with Crippen LogP contribution in [0, 0.1) is 5.92 Å². The lowest BCUT2D eigenvalue weighted by molar-refractivity contribution is 0.0720. The molecule has 0 aromatic carbocycles. The zero-order chi connectivity index (χ0) is 11.7. The summed E-state index contributed by atoms with van der Waals surface area (Å²) in [5.74, 6) is 0.889. The molecule has 2 bridgehead atoms. The first-order chi connectivity index (χ1) is 8.31. The molecular formula is C13H18BrN3. The maximum Gasteiger partial charge on any atom is 0.0410 e. The lowest BCUT2D eigenvalue weighted by Crippen LogP contribution is -2.55. The van der Waals surface area contributed by atoms with E-state index in [4.69, 9.17) is 0 Å². The molecule has 92 valence electrons. The van der Waals surface area contributed by atoms with Crippen molar-refractivity contribution in [3.05, 3.63) is 28.5 Å². The minimum Gasteiger partial charge on any atom is -0.308 e. The zero-order valence-corrected chi connectivity index (χ0v) is 11.5. The van der Waals surface area contributed by atoms with Crippen molar-refractivity contribution in [2.75, 3.05) is 19.6 Å². The molecule has 4 heterocycles. The topological polar surface area (TPSA) is 28.2 Å². The van der Waals surface area contributed by atoms with E-state index in [0.29, 0.717) is 6.04 Å². The van der Waals surface area contributed by atoms with Crippen molar-refractivity contribution in [1.82, 2.24) is 15.2 Å². The summed E-state index contributed by atoms with van der Waals surface area (Å²) in [7, 11) is 0. The predicted octanol–water partition coefficient (Wildman–Crippen LogP) is 2.03. The smallest absolute Gasteiger partial charge is 0.0410 e. The standard InChI is InChI=1S/C13H18BrN3/c14-12-5-10(6-15-8-12)7-16-13-9-17-3-1-11(13)2-4-17/h5-6,8,11,13,16H,1-4,7,9H2. The van der Waals surface area contributed by atoms with Crippen molar-refractivity contribution in [2.45, 2.75) is 25.4 Å². The summed E-state index contributed by atoms with van der Waals surface area (Å²) < 4.78 is 1.06. The summed E-state index contributed by atoms with van der Waals surface area (Å²) in [5.41, 5.74) is 1.26. The van der Waals surface area contributed by atoms with E-state index in [1.54, 1.807) is 0 Å². The van der Waals surface area contributed by atoms with Crippen molar-refractivity contribution in [2.24, 2.45) is 5.92 Å². The number of hydrogen-bond donors (Lipinski definition) is 1. The first-order valence-corrected chi connectivity index (χ1v) is 7.16. The Balaban J connectivity index is 1.57. The second-order valence-corrected chi connectivity index (χ2v) is 6.05. The highest BCUT2D eigenvalue weighted by molar-refractivity contribution is 9.10. The monoisotopic (exact) mass is 295 g/mol. The van der Waals surface area contributed by atoms with Gasteiger partial charge in [0.2, 0.25) is 0 Å². The van der Waals surface area contributed by atoms with Crippen LogP contribution in [0.25, 0.3) is 0 Å². The quantitative estimate of drug-likeness (QED) is 0.925. The fourth-order valence-electron chi connectivity index (χ4n) is 3.00. The van der Waals surface area contributed by atoms with Crippen LogP contribution in [0.2, 0.25) is 0 Å². The largest absolute Gasteiger partial charge is 0.308 e. The fraction of sp³-hybridized carbons (Fsp3) is 0.615. The third-order valence-corrected chi connectivity index (χ3v) is 4.42. The number of rotatable bonds is 3. The number of fused-ring (bicyclic) bond motifs is 3. The molecule has 1 unspecified atom stereocenters. The highest BCUT2D eigenvalue weighted by Crippen LogP contribution is 2.27. The SMILES string of the molecule is Brc1cncc(CNC2CN3CCC2CC3)c1. The summed E-state index contributed by atoms with van der Waals surface area (Å²) in [5, 5.41) is 3.69. The van der Waals surface area contributed by atoms with Crippen LogP contribution in [-0.4, -0.2) is 35.6 Å². The normalized spacial score (nSPS) is 31.7. The van der Waals surface area contributed by atoms with E-state index in [1.807, 2.05) is 12.4 Å². The van der Waals surface area contributed by atoms with E-state index in [-0.39, 0.29) is 0 Å². The van der Waals surface area contributed by atoms with Crippen LogP contribution < -0.4 is 5.32 Å². The molecule has 0 aliphatic carbocycles. The van der Waals surface area contributed by atoms with Crippen LogP contribution in [-0.2, 0) is 6.54 Å². The molecule has 1 atom stereocenters. The molecule has 1 aromatic rings. The van der Waals surface area contributed by atoms with Crippen LogP contribution in [0.4, 0.5) is 0 Å². The molecule has 0 saturated carbocycles. The Labute approximate surface area is 111 Å². The molecule has 1 aromatic heterocycles. The van der Waals surface area contributed by atoms with Gasteiger partial charge in [-0.1, -0.05) is 0 Å². The summed E-state index contributed by atoms with van der Waals surface area (Å²) in [6, 6.07) is 2.82. The molecule has 1 N–H and O–H groups in total. The van der Waals surface area contributed by atoms with Crippen molar-refractivity contribution in [3.63, 3.8) is 0 Å². The first-order valence-electron chi connectivity index (χ1n) is 6.36. The maximum absolute atomic E-state index is 4.20. The minimum atomic E-state index is 0.677. The van der Waals surface area contributed by atoms with Crippen molar-refractivity contribution in [1.29, 1.82) is 0 Å². The molecule has 0 spiro atoms. The van der Waals surface area contributed by atoms with E-state index < -0.39 is 0 Å². The van der Waals surface area contributed by atoms with Gasteiger partial charge in [0, 0.05) is 36.0 Å². The van der Waals surface area contributed by atoms with Gasteiger partial charge in [-0.3, -0.25) is 4.98 Å². The number of hydrogen-bond acceptors (Lipinski definition) is 3. The molecule has 4 rings (SSSR count). The van der Waals surface area contributed by atoms with E-state index in [1.165, 1.54) is 38.0 Å². The van der Waals surface area contributed by atoms with E-state index >= 15 is 0 Å². The third-order valence-electron chi connectivity index (χ3n) is 3.99. The van der Waals surface area contributed by atoms with E-state index in [2.05, 4.69) is 37.2 Å². The number of nitrogens with zero attached hydrogens (tertiary/aromatic N) is 2. The Hall–Kier alpha value is -0.450. The van der Waals surface area contributed by atoms with Crippen molar-refractivity contribution < 1.29 is 0 Å². The van der Waals surface area contributed by atoms with Gasteiger partial charge in [-0.2, -0.15) is 0 Å². The number of halogens is 1. The van der Waals surface area contributed by atoms with Gasteiger partial charge in [0.15, 0.2) is 0 Å². The van der Waals surface area contributed by atoms with Crippen molar-refractivity contribution >= 4 is 15.9 Å². The van der Waals surface area contributed by atoms with Crippen LogP contribution in [0.1, 0.15) is 18.4 Å². The third kappa shape index (κ3) is 2.69. The zero-order valence-electron chi connectivity index (χ0n) is 9.90. The summed E-state index contributed by atoms with van der Waals surface area (Å²) >= 11 is 3.46. The highest BCUT2D eigenvalue weighted by Gasteiger charge is 2.33. The average molecular weight is 296 g/mol. The fourth-order valence-corrected chi connectivity index (χ4v) is 3.41. The van der Waals surface area contributed by atoms with E-state index in [0.717, 1.165) is 16.9 Å². The Morgan fingerprint density at radius 3 is 2.82 bits per heavy atom. The first kappa shape index (κ1) is 11.6. The van der Waals surface area contributed by atoms with Crippen LogP contribution in [0.5, 0.6) is 0 Å². The highest BCUT2D eigenvalue weighted by atomic mass is 79.9. The molecule has 3 aliphatic heterocycles. The molecule has 3 fully saturated rings. The number of piperidine rings is 3. The van der Waals surface area contributed by atoms with Crippen LogP contribution in [0.15, 0.2) is 22.9 Å². The lowest BCUT2D eigenvalue weighted by atomic mass is 9.84. The lowest BCUT2D eigenvalue weighted by Gasteiger charge is -2.45. The number of aromatic nitrogens is 1. The molecule has 3 saturated heterocycles. The molecule has 3 aliphatic rings. The molecule has 0 amide bonds. The molecule has 4 heteroatoms. The Kier molecular flexibility index (Phi) is 3.45. The minimum absolute atomic E-state index is 0.677. The Morgan fingerprint density at radius 2 is 2.18 bits per heavy atom. The van der Waals surface area contributed by atoms with Gasteiger partial charge in [-0.15, -0.1) is 0 Å². The van der Waals surface area contributed by atoms with Gasteiger partial charge in [0.1, 0.15) is 0 Å². The average Bonchev–Trinajstić information content (AvgIpc) is 2.38. The summed E-state index contributed by atoms with van der Waals surface area (Å²) in [4.78, 5) is 6.78. The Morgan fingerprint density at radius 1 is 1.35 bits per heavy atom. The number of pyridine rings is 1. The van der Waals surface area contributed by atoms with Gasteiger partial charge in [0.25, 0.3) is 0 Å².